The zero-order valence-corrected chi connectivity index (χ0v) is 30.3. The number of ketones is 2. The van der Waals surface area contributed by atoms with E-state index in [1.807, 2.05) is 4.93 Å². The van der Waals surface area contributed by atoms with E-state index in [0.717, 1.165) is 71.2 Å². The van der Waals surface area contributed by atoms with Gasteiger partial charge >= 0.3 is 18.2 Å². The van der Waals surface area contributed by atoms with Gasteiger partial charge in [-0.2, -0.15) is 17.6 Å². The fourth-order valence-corrected chi connectivity index (χ4v) is 3.96. The first-order valence-corrected chi connectivity index (χ1v) is 17.7. The summed E-state index contributed by atoms with van der Waals surface area (Å²) in [6.07, 6.45) is 2.98. The Balaban J connectivity index is -0.000000558. The number of Topliss-reactive ketones (excluding diaryl/α,β-unsaturated/α-hetero) is 2. The molecular formula is C29H47F9I2O5. The summed E-state index contributed by atoms with van der Waals surface area (Å²) in [6.45, 7) is 4.59. The minimum Gasteiger partial charge on any atom is -0.380 e. The average Bonchev–Trinajstić information content (AvgIpc) is 3.01. The number of halogens is 11. The SMILES string of the molecule is C=CCOCC1CCC(=O)CC1.CCC(I)COCC1CCC(=O)CC1.CF.CI.FCC(F)(F)C(F)(F)CCOC(F)(F)F. The van der Waals surface area contributed by atoms with E-state index in [1.165, 1.54) is 6.42 Å². The van der Waals surface area contributed by atoms with Crippen LogP contribution >= 0.6 is 45.2 Å². The lowest BCUT2D eigenvalue weighted by Crippen LogP contribution is -2.43. The van der Waals surface area contributed by atoms with E-state index in [2.05, 4.69) is 63.4 Å². The summed E-state index contributed by atoms with van der Waals surface area (Å²) >= 11 is 4.57. The van der Waals surface area contributed by atoms with Gasteiger partial charge in [0, 0.05) is 49.2 Å². The molecule has 270 valence electrons. The molecule has 2 rings (SSSR count). The highest BCUT2D eigenvalue weighted by Gasteiger charge is 2.56. The van der Waals surface area contributed by atoms with Gasteiger partial charge in [0.1, 0.15) is 11.6 Å². The van der Waals surface area contributed by atoms with E-state index in [4.69, 9.17) is 9.47 Å². The molecule has 0 radical (unpaired) electrons. The molecule has 0 aromatic heterocycles. The second-order valence-electron chi connectivity index (χ2n) is 9.92. The first-order chi connectivity index (χ1) is 21.1. The minimum absolute atomic E-state index is 0.412. The normalized spacial score (nSPS) is 16.8. The van der Waals surface area contributed by atoms with Crippen LogP contribution in [0.3, 0.4) is 0 Å². The lowest BCUT2D eigenvalue weighted by atomic mass is 9.89. The molecule has 1 atom stereocenters. The van der Waals surface area contributed by atoms with Crippen molar-refractivity contribution in [2.75, 3.05) is 51.8 Å². The fourth-order valence-electron chi connectivity index (χ4n) is 3.71. The standard InChI is InChI=1S/C11H19IO2.C10H16O2.C6H6F8O.CH3F.CH3I/c1-2-10(12)8-14-7-9-3-5-11(13)6-4-9;1-2-7-12-8-9-3-5-10(11)6-4-9;7-3-5(10,11)4(8,9)1-2-15-6(12,13)14;2*1-2/h9-10H,2-8H2,1H3;2,9H,1,3-8H2;1-3H2;2*1H3. The number of alkyl halides is 11. The van der Waals surface area contributed by atoms with Crippen molar-refractivity contribution in [3.8, 4) is 0 Å². The van der Waals surface area contributed by atoms with Crippen molar-refractivity contribution in [2.45, 2.75) is 93.3 Å². The van der Waals surface area contributed by atoms with Crippen LogP contribution in [0.5, 0.6) is 0 Å². The fraction of sp³-hybridized carbons (Fsp3) is 0.862. The van der Waals surface area contributed by atoms with Crippen molar-refractivity contribution in [3.63, 3.8) is 0 Å². The molecule has 0 amide bonds. The topological polar surface area (TPSA) is 61.8 Å². The largest absolute Gasteiger partial charge is 0.522 e. The number of carbonyl (C=O) groups is 2. The van der Waals surface area contributed by atoms with Crippen LogP contribution in [0.1, 0.15) is 71.1 Å². The molecule has 45 heavy (non-hydrogen) atoms. The predicted octanol–water partition coefficient (Wildman–Crippen LogP) is 9.71. The Labute approximate surface area is 288 Å². The lowest BCUT2D eigenvalue weighted by molar-refractivity contribution is -0.331. The van der Waals surface area contributed by atoms with Gasteiger partial charge in [0.2, 0.25) is 0 Å². The van der Waals surface area contributed by atoms with Gasteiger partial charge in [-0.05, 0) is 48.9 Å². The summed E-state index contributed by atoms with van der Waals surface area (Å²) in [5.74, 6) is -7.78. The number of ether oxygens (including phenoxy) is 3. The summed E-state index contributed by atoms with van der Waals surface area (Å²) in [6, 6.07) is 0. The van der Waals surface area contributed by atoms with E-state index in [0.29, 0.717) is 41.1 Å². The minimum atomic E-state index is -5.18. The molecular weight excluding hydrogens is 853 g/mol. The van der Waals surface area contributed by atoms with Crippen molar-refractivity contribution < 1.29 is 63.3 Å². The summed E-state index contributed by atoms with van der Waals surface area (Å²) in [4.78, 5) is 23.8. The highest BCUT2D eigenvalue weighted by molar-refractivity contribution is 14.1. The highest BCUT2D eigenvalue weighted by atomic mass is 127. The summed E-state index contributed by atoms with van der Waals surface area (Å²) in [5.41, 5.74) is 0. The molecule has 0 heterocycles. The summed E-state index contributed by atoms with van der Waals surface area (Å²) in [7, 11) is 0.500. The van der Waals surface area contributed by atoms with Crippen molar-refractivity contribution >= 4 is 56.7 Å². The van der Waals surface area contributed by atoms with Crippen LogP contribution in [0.25, 0.3) is 0 Å². The maximum atomic E-state index is 12.3. The molecule has 0 N–H and O–H groups in total. The van der Waals surface area contributed by atoms with Gasteiger partial charge in [-0.3, -0.25) is 18.7 Å². The molecule has 2 aliphatic rings. The van der Waals surface area contributed by atoms with Crippen LogP contribution in [0.15, 0.2) is 12.7 Å². The van der Waals surface area contributed by atoms with Crippen molar-refractivity contribution in [1.29, 1.82) is 0 Å². The Kier molecular flexibility index (Phi) is 31.4. The molecule has 5 nitrogen and oxygen atoms in total. The van der Waals surface area contributed by atoms with Gasteiger partial charge in [0.25, 0.3) is 0 Å². The maximum Gasteiger partial charge on any atom is 0.522 e. The van der Waals surface area contributed by atoms with Crippen molar-refractivity contribution in [2.24, 2.45) is 11.8 Å². The van der Waals surface area contributed by atoms with Gasteiger partial charge in [0.05, 0.1) is 27.0 Å². The molecule has 2 saturated carbocycles. The molecule has 1 unspecified atom stereocenters. The monoisotopic (exact) mass is 900 g/mol. The third kappa shape index (κ3) is 27.4. The molecule has 2 aliphatic carbocycles. The Hall–Kier alpha value is -0.210. The molecule has 0 bridgehead atoms. The third-order valence-electron chi connectivity index (χ3n) is 6.39. The Morgan fingerprint density at radius 3 is 1.62 bits per heavy atom. The quantitative estimate of drug-likeness (QED) is 0.0572. The first-order valence-electron chi connectivity index (χ1n) is 14.3. The average molecular weight is 900 g/mol. The zero-order valence-electron chi connectivity index (χ0n) is 26.0. The molecule has 0 saturated heterocycles. The van der Waals surface area contributed by atoms with Crippen LogP contribution < -0.4 is 0 Å². The Morgan fingerprint density at radius 2 is 1.27 bits per heavy atom. The van der Waals surface area contributed by atoms with Gasteiger partial charge < -0.3 is 9.47 Å². The van der Waals surface area contributed by atoms with Crippen LogP contribution in [0.2, 0.25) is 0 Å². The maximum absolute atomic E-state index is 12.3. The molecule has 2 fully saturated rings. The Bertz CT molecular complexity index is 740. The van der Waals surface area contributed by atoms with Gasteiger partial charge in [-0.15, -0.1) is 19.8 Å². The van der Waals surface area contributed by atoms with E-state index in [-0.39, 0.29) is 0 Å². The predicted molar refractivity (Wildman–Crippen MR) is 173 cm³/mol. The van der Waals surface area contributed by atoms with Gasteiger partial charge in [-0.1, -0.05) is 58.2 Å². The van der Waals surface area contributed by atoms with E-state index >= 15 is 0 Å². The number of rotatable bonds is 14. The van der Waals surface area contributed by atoms with Crippen LogP contribution in [0, 0.1) is 11.8 Å². The third-order valence-corrected chi connectivity index (χ3v) is 7.64. The molecule has 0 aromatic rings. The number of carbonyl (C=O) groups excluding carboxylic acids is 2. The van der Waals surface area contributed by atoms with E-state index in [1.54, 1.807) is 6.08 Å². The van der Waals surface area contributed by atoms with Crippen molar-refractivity contribution in [3.05, 3.63) is 12.7 Å². The second kappa shape index (κ2) is 28.8. The van der Waals surface area contributed by atoms with Crippen molar-refractivity contribution in [1.82, 2.24) is 0 Å². The molecule has 0 spiro atoms. The van der Waals surface area contributed by atoms with Gasteiger partial charge in [-0.25, -0.2) is 4.39 Å². The molecule has 0 aromatic carbocycles. The lowest BCUT2D eigenvalue weighted by Gasteiger charge is -2.23. The molecule has 0 aliphatic heterocycles. The second-order valence-corrected chi connectivity index (χ2v) is 11.7. The van der Waals surface area contributed by atoms with Crippen LogP contribution in [0.4, 0.5) is 39.5 Å². The van der Waals surface area contributed by atoms with E-state index in [9.17, 15) is 49.1 Å². The zero-order chi connectivity index (χ0) is 35.5. The van der Waals surface area contributed by atoms with E-state index < -0.39 is 37.9 Å². The summed E-state index contributed by atoms with van der Waals surface area (Å²) < 4.78 is 118. The van der Waals surface area contributed by atoms with Gasteiger partial charge in [0.15, 0.2) is 6.67 Å². The Morgan fingerprint density at radius 1 is 0.844 bits per heavy atom. The first kappa shape index (κ1) is 49.2. The van der Waals surface area contributed by atoms with Crippen LogP contribution in [-0.2, 0) is 23.8 Å². The van der Waals surface area contributed by atoms with Crippen LogP contribution in [-0.4, -0.2) is 85.5 Å². The molecule has 16 heteroatoms. The summed E-state index contributed by atoms with van der Waals surface area (Å²) in [5, 5.41) is 0. The number of hydrogen-bond donors (Lipinski definition) is 0. The smallest absolute Gasteiger partial charge is 0.380 e. The highest BCUT2D eigenvalue weighted by Crippen LogP contribution is 2.37. The number of hydrogen-bond acceptors (Lipinski definition) is 5.